The van der Waals surface area contributed by atoms with Crippen molar-refractivity contribution in [1.29, 1.82) is 0 Å². The molecule has 1 aliphatic heterocycles. The average molecular weight is 524 g/mol. The lowest BCUT2D eigenvalue weighted by atomic mass is 9.89. The minimum Gasteiger partial charge on any atom is -0.458 e. The van der Waals surface area contributed by atoms with Crippen molar-refractivity contribution in [2.45, 2.75) is 71.1 Å². The van der Waals surface area contributed by atoms with Crippen molar-refractivity contribution in [1.82, 2.24) is 9.88 Å². The van der Waals surface area contributed by atoms with Gasteiger partial charge in [-0.3, -0.25) is 0 Å². The van der Waals surface area contributed by atoms with E-state index in [1.54, 1.807) is 41.5 Å². The first-order valence-electron chi connectivity index (χ1n) is 9.55. The van der Waals surface area contributed by atoms with Gasteiger partial charge in [-0.05, 0) is 76.5 Å². The van der Waals surface area contributed by atoms with Crippen LogP contribution in [0.3, 0.4) is 0 Å². The molecule has 8 nitrogen and oxygen atoms in total. The quantitative estimate of drug-likeness (QED) is 0.458. The van der Waals surface area contributed by atoms with E-state index in [2.05, 4.69) is 25.9 Å². The van der Waals surface area contributed by atoms with Gasteiger partial charge >= 0.3 is 24.1 Å². The highest BCUT2D eigenvalue weighted by atomic mass is 79.9. The second kappa shape index (κ2) is 8.53. The van der Waals surface area contributed by atoms with Crippen LogP contribution < -0.4 is 0 Å². The standard InChI is InChI=1S/C20H25BrF3N3O5/c1-17(2,3)31-15(28)27(16(29)32-18(4,5)6)14-26-19(7,20(23,24)10-30-14)13-11(22)8-9-12(21)25-13/h8-9H,10H2,1-7H3/t19-/m1/s1. The molecule has 2 amide bonds. The lowest BCUT2D eigenvalue weighted by Gasteiger charge is -2.39. The summed E-state index contributed by atoms with van der Waals surface area (Å²) in [7, 11) is 0. The maximum atomic E-state index is 14.9. The molecule has 32 heavy (non-hydrogen) atoms. The smallest absolute Gasteiger partial charge is 0.428 e. The van der Waals surface area contributed by atoms with Gasteiger partial charge in [-0.25, -0.2) is 24.0 Å². The van der Waals surface area contributed by atoms with Crippen LogP contribution in [-0.2, 0) is 19.7 Å². The fraction of sp³-hybridized carbons (Fsp3) is 0.600. The zero-order valence-corrected chi connectivity index (χ0v) is 20.3. The van der Waals surface area contributed by atoms with Crippen LogP contribution in [0.15, 0.2) is 21.7 Å². The Labute approximate surface area is 192 Å². The number of amides is 2. The van der Waals surface area contributed by atoms with Gasteiger partial charge in [-0.2, -0.15) is 8.78 Å². The molecule has 0 radical (unpaired) electrons. The maximum Gasteiger partial charge on any atom is 0.428 e. The van der Waals surface area contributed by atoms with E-state index in [1.165, 1.54) is 6.07 Å². The minimum absolute atomic E-state index is 0.0882. The summed E-state index contributed by atoms with van der Waals surface area (Å²) in [6, 6.07) is 1.35. The third-order valence-corrected chi connectivity index (χ3v) is 4.47. The summed E-state index contributed by atoms with van der Waals surface area (Å²) >= 11 is 3.02. The number of hydrogen-bond donors (Lipinski definition) is 0. The number of aliphatic imine (C=N–C) groups is 1. The number of halogens is 4. The summed E-state index contributed by atoms with van der Waals surface area (Å²) in [5, 5.41) is 0. The molecule has 1 aliphatic rings. The van der Waals surface area contributed by atoms with Crippen molar-refractivity contribution in [3.05, 3.63) is 28.2 Å². The molecule has 178 valence electrons. The van der Waals surface area contributed by atoms with E-state index >= 15 is 0 Å². The number of alkyl halides is 2. The zero-order chi connectivity index (χ0) is 24.7. The Morgan fingerprint density at radius 3 is 2.06 bits per heavy atom. The monoisotopic (exact) mass is 523 g/mol. The molecule has 2 rings (SSSR count). The Morgan fingerprint density at radius 1 is 1.09 bits per heavy atom. The lowest BCUT2D eigenvalue weighted by Crippen LogP contribution is -2.56. The number of carbonyl (C=O) groups excluding carboxylic acids is 2. The van der Waals surface area contributed by atoms with Gasteiger partial charge in [0.1, 0.15) is 27.3 Å². The van der Waals surface area contributed by atoms with E-state index in [0.717, 1.165) is 13.0 Å². The molecule has 0 N–H and O–H groups in total. The fourth-order valence-electron chi connectivity index (χ4n) is 2.55. The van der Waals surface area contributed by atoms with Crippen molar-refractivity contribution >= 4 is 34.1 Å². The van der Waals surface area contributed by atoms with Crippen molar-refractivity contribution in [3.63, 3.8) is 0 Å². The molecule has 0 bridgehead atoms. The van der Waals surface area contributed by atoms with Gasteiger partial charge in [-0.15, -0.1) is 4.90 Å². The molecule has 0 spiro atoms. The molecule has 0 saturated heterocycles. The summed E-state index contributed by atoms with van der Waals surface area (Å²) in [6.45, 7) is 8.87. The highest BCUT2D eigenvalue weighted by Crippen LogP contribution is 2.44. The number of nitrogens with zero attached hydrogens (tertiary/aromatic N) is 3. The van der Waals surface area contributed by atoms with E-state index in [9.17, 15) is 22.8 Å². The van der Waals surface area contributed by atoms with Crippen LogP contribution in [0.5, 0.6) is 0 Å². The summed E-state index contributed by atoms with van der Waals surface area (Å²) in [5.74, 6) is -4.79. The molecule has 0 saturated carbocycles. The van der Waals surface area contributed by atoms with Gasteiger partial charge in [-0.1, -0.05) is 0 Å². The molecule has 1 aromatic heterocycles. The third-order valence-electron chi connectivity index (χ3n) is 4.03. The molecule has 1 aromatic rings. The summed E-state index contributed by atoms with van der Waals surface area (Å²) in [5.41, 5.74) is -5.40. The predicted octanol–water partition coefficient (Wildman–Crippen LogP) is 5.39. The van der Waals surface area contributed by atoms with E-state index < -0.39 is 59.0 Å². The summed E-state index contributed by atoms with van der Waals surface area (Å²) < 4.78 is 59.8. The number of aromatic nitrogens is 1. The third kappa shape index (κ3) is 5.70. The Bertz CT molecular complexity index is 915. The van der Waals surface area contributed by atoms with E-state index in [-0.39, 0.29) is 9.50 Å². The van der Waals surface area contributed by atoms with Crippen LogP contribution >= 0.6 is 15.9 Å². The van der Waals surface area contributed by atoms with Gasteiger partial charge in [0.05, 0.1) is 0 Å². The van der Waals surface area contributed by atoms with Crippen molar-refractivity contribution < 1.29 is 37.0 Å². The van der Waals surface area contributed by atoms with Crippen molar-refractivity contribution in [3.8, 4) is 0 Å². The van der Waals surface area contributed by atoms with Gasteiger partial charge in [0.15, 0.2) is 12.1 Å². The Balaban J connectivity index is 2.65. The molecule has 12 heteroatoms. The first-order chi connectivity index (χ1) is 14.4. The second-order valence-electron chi connectivity index (χ2n) is 9.22. The first-order valence-corrected chi connectivity index (χ1v) is 10.3. The van der Waals surface area contributed by atoms with Crippen LogP contribution in [-0.4, -0.2) is 51.8 Å². The number of ether oxygens (including phenoxy) is 3. The Hall–Kier alpha value is -2.37. The first kappa shape index (κ1) is 25.9. The number of rotatable bonds is 1. The molecule has 1 atom stereocenters. The van der Waals surface area contributed by atoms with Crippen molar-refractivity contribution in [2.75, 3.05) is 6.61 Å². The highest BCUT2D eigenvalue weighted by molar-refractivity contribution is 9.10. The van der Waals surface area contributed by atoms with E-state index in [4.69, 9.17) is 14.2 Å². The van der Waals surface area contributed by atoms with Gasteiger partial charge < -0.3 is 14.2 Å². The number of pyridine rings is 1. The van der Waals surface area contributed by atoms with Crippen LogP contribution in [0.4, 0.5) is 22.8 Å². The van der Waals surface area contributed by atoms with Gasteiger partial charge in [0.25, 0.3) is 0 Å². The molecule has 0 fully saturated rings. The number of imide groups is 1. The van der Waals surface area contributed by atoms with Crippen LogP contribution in [0, 0.1) is 5.82 Å². The summed E-state index contributed by atoms with van der Waals surface area (Å²) in [6.07, 6.45) is -2.53. The molecule has 0 aliphatic carbocycles. The van der Waals surface area contributed by atoms with Crippen LogP contribution in [0.1, 0.15) is 54.2 Å². The Morgan fingerprint density at radius 2 is 1.59 bits per heavy atom. The zero-order valence-electron chi connectivity index (χ0n) is 18.8. The fourth-order valence-corrected chi connectivity index (χ4v) is 2.86. The average Bonchev–Trinajstić information content (AvgIpc) is 2.57. The largest absolute Gasteiger partial charge is 0.458 e. The topological polar surface area (TPSA) is 90.3 Å². The number of carbonyl (C=O) groups is 2. The second-order valence-corrected chi connectivity index (χ2v) is 10.0. The molecule has 2 heterocycles. The number of hydrogen-bond acceptors (Lipinski definition) is 7. The summed E-state index contributed by atoms with van der Waals surface area (Å²) in [4.78, 5) is 33.4. The van der Waals surface area contributed by atoms with Crippen LogP contribution in [0.2, 0.25) is 0 Å². The van der Waals surface area contributed by atoms with Gasteiger partial charge in [0.2, 0.25) is 0 Å². The highest BCUT2D eigenvalue weighted by Gasteiger charge is 2.59. The SMILES string of the molecule is CC(C)(C)OC(=O)N(C(=O)OC(C)(C)C)C1=N[C@](C)(c2nc(Br)ccc2F)C(F)(F)CO1. The lowest BCUT2D eigenvalue weighted by molar-refractivity contribution is -0.122. The molecule has 0 aromatic carbocycles. The van der Waals surface area contributed by atoms with Crippen LogP contribution in [0.25, 0.3) is 0 Å². The molecular formula is C20H25BrF3N3O5. The normalized spacial score (nSPS) is 20.7. The minimum atomic E-state index is -3.74. The van der Waals surface area contributed by atoms with Gasteiger partial charge in [0, 0.05) is 0 Å². The Kier molecular flexibility index (Phi) is 6.90. The number of amidine groups is 1. The molecular weight excluding hydrogens is 499 g/mol. The van der Waals surface area contributed by atoms with E-state index in [1.807, 2.05) is 0 Å². The van der Waals surface area contributed by atoms with E-state index in [0.29, 0.717) is 0 Å². The van der Waals surface area contributed by atoms with Crippen molar-refractivity contribution in [2.24, 2.45) is 4.99 Å². The maximum absolute atomic E-state index is 14.9. The molecule has 0 unspecified atom stereocenters. The predicted molar refractivity (Wildman–Crippen MR) is 112 cm³/mol.